The molecule has 3 aromatic carbocycles. The SMILES string of the molecule is O=c1c2ccccc2nc(-c2ccccc2)n1N=Cc1cc(Cl)cc(Br)c1O. The molecule has 0 aliphatic heterocycles. The van der Waals surface area contributed by atoms with E-state index < -0.39 is 0 Å². The molecule has 0 bridgehead atoms. The first-order valence-electron chi connectivity index (χ1n) is 8.34. The normalized spacial score (nSPS) is 11.4. The molecule has 138 valence electrons. The smallest absolute Gasteiger partial charge is 0.282 e. The Hall–Kier alpha value is -2.96. The Morgan fingerprint density at radius 2 is 1.79 bits per heavy atom. The van der Waals surface area contributed by atoms with E-state index in [0.717, 1.165) is 5.56 Å². The average Bonchev–Trinajstić information content (AvgIpc) is 2.71. The summed E-state index contributed by atoms with van der Waals surface area (Å²) in [6, 6.07) is 19.6. The van der Waals surface area contributed by atoms with Crippen LogP contribution in [0, 0.1) is 0 Å². The van der Waals surface area contributed by atoms with Crippen molar-refractivity contribution in [1.29, 1.82) is 0 Å². The van der Waals surface area contributed by atoms with Gasteiger partial charge >= 0.3 is 0 Å². The Morgan fingerprint density at radius 1 is 1.07 bits per heavy atom. The topological polar surface area (TPSA) is 67.5 Å². The molecule has 0 atom stereocenters. The highest BCUT2D eigenvalue weighted by molar-refractivity contribution is 9.10. The molecule has 4 aromatic rings. The van der Waals surface area contributed by atoms with Crippen LogP contribution in [0.1, 0.15) is 5.56 Å². The van der Waals surface area contributed by atoms with Crippen LogP contribution in [-0.2, 0) is 0 Å². The van der Waals surface area contributed by atoms with Gasteiger partial charge in [0, 0.05) is 16.1 Å². The molecule has 0 unspecified atom stereocenters. The molecule has 1 aromatic heterocycles. The summed E-state index contributed by atoms with van der Waals surface area (Å²) >= 11 is 9.30. The third kappa shape index (κ3) is 3.44. The number of fused-ring (bicyclic) bond motifs is 1. The van der Waals surface area contributed by atoms with Crippen LogP contribution < -0.4 is 5.56 Å². The molecule has 4 rings (SSSR count). The Labute approximate surface area is 173 Å². The predicted molar refractivity (Wildman–Crippen MR) is 115 cm³/mol. The summed E-state index contributed by atoms with van der Waals surface area (Å²) in [5.74, 6) is 0.386. The first-order valence-corrected chi connectivity index (χ1v) is 9.51. The molecule has 0 aliphatic carbocycles. The Bertz CT molecular complexity index is 1270. The van der Waals surface area contributed by atoms with Crippen LogP contribution in [0.25, 0.3) is 22.3 Å². The Balaban J connectivity index is 1.95. The van der Waals surface area contributed by atoms with Crippen LogP contribution in [0.15, 0.2) is 81.1 Å². The number of hydrogen-bond acceptors (Lipinski definition) is 4. The van der Waals surface area contributed by atoms with Gasteiger partial charge in [-0.05, 0) is 40.2 Å². The molecule has 0 saturated heterocycles. The van der Waals surface area contributed by atoms with Crippen molar-refractivity contribution >= 4 is 44.6 Å². The summed E-state index contributed by atoms with van der Waals surface area (Å²) in [5, 5.41) is 15.4. The molecule has 0 saturated carbocycles. The molecule has 1 N–H and O–H groups in total. The maximum Gasteiger partial charge on any atom is 0.282 e. The van der Waals surface area contributed by atoms with E-state index in [1.54, 1.807) is 30.3 Å². The number of para-hydroxylation sites is 1. The minimum Gasteiger partial charge on any atom is -0.506 e. The van der Waals surface area contributed by atoms with E-state index in [9.17, 15) is 9.90 Å². The van der Waals surface area contributed by atoms with Gasteiger partial charge in [-0.15, -0.1) is 0 Å². The summed E-state index contributed by atoms with van der Waals surface area (Å²) in [4.78, 5) is 17.7. The number of aromatic nitrogens is 2. The van der Waals surface area contributed by atoms with Crippen LogP contribution in [0.3, 0.4) is 0 Å². The molecular weight excluding hydrogens is 442 g/mol. The van der Waals surface area contributed by atoms with Crippen molar-refractivity contribution in [1.82, 2.24) is 9.66 Å². The third-order valence-corrected chi connectivity index (χ3v) is 4.98. The summed E-state index contributed by atoms with van der Waals surface area (Å²) in [6.07, 6.45) is 1.39. The van der Waals surface area contributed by atoms with Gasteiger partial charge in [0.15, 0.2) is 5.82 Å². The Kier molecular flexibility index (Phi) is 4.98. The van der Waals surface area contributed by atoms with Crippen molar-refractivity contribution in [2.45, 2.75) is 0 Å². The number of phenols is 1. The summed E-state index contributed by atoms with van der Waals surface area (Å²) < 4.78 is 1.67. The first-order chi connectivity index (χ1) is 13.5. The van der Waals surface area contributed by atoms with Gasteiger partial charge in [-0.3, -0.25) is 4.79 Å². The molecule has 28 heavy (non-hydrogen) atoms. The zero-order valence-corrected chi connectivity index (χ0v) is 16.7. The van der Waals surface area contributed by atoms with E-state index in [4.69, 9.17) is 11.6 Å². The van der Waals surface area contributed by atoms with Gasteiger partial charge in [0.25, 0.3) is 5.56 Å². The lowest BCUT2D eigenvalue weighted by Crippen LogP contribution is -2.20. The van der Waals surface area contributed by atoms with Crippen LogP contribution >= 0.6 is 27.5 Å². The van der Waals surface area contributed by atoms with Gasteiger partial charge in [-0.1, -0.05) is 54.1 Å². The fraction of sp³-hybridized carbons (Fsp3) is 0. The van der Waals surface area contributed by atoms with Gasteiger partial charge in [-0.2, -0.15) is 9.78 Å². The lowest BCUT2D eigenvalue weighted by Gasteiger charge is -2.09. The number of aromatic hydroxyl groups is 1. The molecule has 0 amide bonds. The van der Waals surface area contributed by atoms with E-state index in [1.807, 2.05) is 36.4 Å². The van der Waals surface area contributed by atoms with Crippen LogP contribution in [0.4, 0.5) is 0 Å². The number of phenolic OH excluding ortho intramolecular Hbond substituents is 1. The maximum absolute atomic E-state index is 13.1. The number of benzene rings is 3. The third-order valence-electron chi connectivity index (χ3n) is 4.16. The quantitative estimate of drug-likeness (QED) is 0.440. The second kappa shape index (κ2) is 7.58. The van der Waals surface area contributed by atoms with E-state index >= 15 is 0 Å². The summed E-state index contributed by atoms with van der Waals surface area (Å²) in [6.45, 7) is 0. The first kappa shape index (κ1) is 18.4. The fourth-order valence-corrected chi connectivity index (χ4v) is 3.64. The number of nitrogens with zero attached hydrogens (tertiary/aromatic N) is 3. The molecule has 5 nitrogen and oxygen atoms in total. The van der Waals surface area contributed by atoms with Gasteiger partial charge in [-0.25, -0.2) is 4.98 Å². The van der Waals surface area contributed by atoms with Gasteiger partial charge in [0.05, 0.1) is 21.6 Å². The number of rotatable bonds is 3. The molecular formula is C21H13BrClN3O2. The van der Waals surface area contributed by atoms with Crippen molar-refractivity contribution in [2.75, 3.05) is 0 Å². The van der Waals surface area contributed by atoms with E-state index in [-0.39, 0.29) is 11.3 Å². The highest BCUT2D eigenvalue weighted by atomic mass is 79.9. The van der Waals surface area contributed by atoms with Crippen molar-refractivity contribution < 1.29 is 5.11 Å². The minimum atomic E-state index is -0.304. The van der Waals surface area contributed by atoms with Crippen LogP contribution in [-0.4, -0.2) is 21.0 Å². The molecule has 1 heterocycles. The molecule has 0 fully saturated rings. The van der Waals surface area contributed by atoms with Crippen LogP contribution in [0.2, 0.25) is 5.02 Å². The second-order valence-electron chi connectivity index (χ2n) is 6.01. The van der Waals surface area contributed by atoms with Crippen molar-refractivity contribution in [2.24, 2.45) is 5.10 Å². The molecule has 0 radical (unpaired) electrons. The van der Waals surface area contributed by atoms with Gasteiger partial charge in [0.2, 0.25) is 0 Å². The predicted octanol–water partition coefficient (Wildman–Crippen LogP) is 5.07. The van der Waals surface area contributed by atoms with E-state index in [0.29, 0.717) is 31.8 Å². The van der Waals surface area contributed by atoms with Crippen molar-refractivity contribution in [3.63, 3.8) is 0 Å². The lowest BCUT2D eigenvalue weighted by molar-refractivity contribution is 0.471. The molecule has 0 aliphatic rings. The van der Waals surface area contributed by atoms with E-state index in [1.165, 1.54) is 10.9 Å². The van der Waals surface area contributed by atoms with Crippen molar-refractivity contribution in [3.8, 4) is 17.1 Å². The lowest BCUT2D eigenvalue weighted by atomic mass is 10.2. The standard InChI is InChI=1S/C21H13BrClN3O2/c22-17-11-15(23)10-14(19(17)27)12-24-26-20(13-6-2-1-3-7-13)25-18-9-5-4-8-16(18)21(26)28/h1-12,27H. The zero-order valence-electron chi connectivity index (χ0n) is 14.4. The number of halogens is 2. The highest BCUT2D eigenvalue weighted by Gasteiger charge is 2.12. The largest absolute Gasteiger partial charge is 0.506 e. The maximum atomic E-state index is 13.1. The second-order valence-corrected chi connectivity index (χ2v) is 7.30. The molecule has 7 heteroatoms. The van der Waals surface area contributed by atoms with E-state index in [2.05, 4.69) is 26.0 Å². The highest BCUT2D eigenvalue weighted by Crippen LogP contribution is 2.30. The van der Waals surface area contributed by atoms with Crippen molar-refractivity contribution in [3.05, 3.63) is 92.1 Å². The van der Waals surface area contributed by atoms with Gasteiger partial charge < -0.3 is 5.11 Å². The van der Waals surface area contributed by atoms with Gasteiger partial charge in [0.1, 0.15) is 5.75 Å². The average molecular weight is 455 g/mol. The van der Waals surface area contributed by atoms with Crippen LogP contribution in [0.5, 0.6) is 5.75 Å². The zero-order chi connectivity index (χ0) is 19.7. The molecule has 0 spiro atoms. The summed E-state index contributed by atoms with van der Waals surface area (Å²) in [7, 11) is 0. The number of hydrogen-bond donors (Lipinski definition) is 1. The summed E-state index contributed by atoms with van der Waals surface area (Å²) in [5.41, 5.74) is 1.41. The fourth-order valence-electron chi connectivity index (χ4n) is 2.81. The monoisotopic (exact) mass is 453 g/mol. The minimum absolute atomic E-state index is 0.0174. The Morgan fingerprint density at radius 3 is 2.57 bits per heavy atom.